The highest BCUT2D eigenvalue weighted by molar-refractivity contribution is 7.90. The average Bonchev–Trinajstić information content (AvgIpc) is 2.83. The molecule has 0 radical (unpaired) electrons. The highest BCUT2D eigenvalue weighted by atomic mass is 32.2. The Bertz CT molecular complexity index is 551. The van der Waals surface area contributed by atoms with Gasteiger partial charge in [-0.05, 0) is 25.0 Å². The highest BCUT2D eigenvalue weighted by Gasteiger charge is 2.25. The van der Waals surface area contributed by atoms with Crippen molar-refractivity contribution >= 4 is 33.1 Å². The van der Waals surface area contributed by atoms with Gasteiger partial charge in [-0.1, -0.05) is 24.4 Å². The fourth-order valence-electron chi connectivity index (χ4n) is 1.92. The molecule has 0 unspecified atom stereocenters. The zero-order chi connectivity index (χ0) is 13.2. The maximum atomic E-state index is 12.1. The summed E-state index contributed by atoms with van der Waals surface area (Å²) in [6.45, 7) is 1.12. The lowest BCUT2D eigenvalue weighted by molar-refractivity contribution is 0.482. The van der Waals surface area contributed by atoms with Gasteiger partial charge in [0.1, 0.15) is 4.99 Å². The van der Waals surface area contributed by atoms with Gasteiger partial charge < -0.3 is 5.73 Å². The molecule has 1 aliphatic rings. The largest absolute Gasteiger partial charge is 0.389 e. The summed E-state index contributed by atoms with van der Waals surface area (Å²) in [5.41, 5.74) is 6.53. The molecular weight excluding hydrogens is 270 g/mol. The summed E-state index contributed by atoms with van der Waals surface area (Å²) >= 11 is 4.90. The van der Waals surface area contributed by atoms with Crippen molar-refractivity contribution in [2.24, 2.45) is 5.73 Å². The molecule has 18 heavy (non-hydrogen) atoms. The Morgan fingerprint density at radius 1 is 1.28 bits per heavy atom. The number of hydrogen-bond acceptors (Lipinski definition) is 3. The van der Waals surface area contributed by atoms with Crippen molar-refractivity contribution in [1.82, 2.24) is 4.31 Å². The lowest BCUT2D eigenvalue weighted by atomic mass is 10.2. The molecule has 7 heteroatoms. The number of thiocarbonyl (C=S) groups is 1. The van der Waals surface area contributed by atoms with E-state index in [2.05, 4.69) is 4.72 Å². The topological polar surface area (TPSA) is 75.4 Å². The van der Waals surface area contributed by atoms with E-state index >= 15 is 0 Å². The number of hydrogen-bond donors (Lipinski definition) is 2. The lowest BCUT2D eigenvalue weighted by Crippen LogP contribution is -2.34. The fourth-order valence-corrected chi connectivity index (χ4v) is 3.42. The first-order chi connectivity index (χ1) is 8.50. The van der Waals surface area contributed by atoms with Gasteiger partial charge in [-0.3, -0.25) is 4.72 Å². The van der Waals surface area contributed by atoms with E-state index in [0.717, 1.165) is 12.8 Å². The third kappa shape index (κ3) is 2.80. The van der Waals surface area contributed by atoms with Crippen LogP contribution in [-0.2, 0) is 10.2 Å². The predicted octanol–water partition coefficient (Wildman–Crippen LogP) is 1.07. The standard InChI is InChI=1S/C11H15N3O2S2/c12-11(17)9-5-1-2-6-10(9)13-18(15,16)14-7-3-4-8-14/h1-2,5-6,13H,3-4,7-8H2,(H2,12,17). The van der Waals surface area contributed by atoms with Crippen LogP contribution in [0.5, 0.6) is 0 Å². The van der Waals surface area contributed by atoms with Gasteiger partial charge in [0.05, 0.1) is 5.69 Å². The van der Waals surface area contributed by atoms with Crippen molar-refractivity contribution in [3.05, 3.63) is 29.8 Å². The van der Waals surface area contributed by atoms with Crippen molar-refractivity contribution in [2.75, 3.05) is 17.8 Å². The minimum atomic E-state index is -3.50. The van der Waals surface area contributed by atoms with Gasteiger partial charge in [-0.25, -0.2) is 0 Å². The van der Waals surface area contributed by atoms with E-state index in [-0.39, 0.29) is 4.99 Å². The van der Waals surface area contributed by atoms with E-state index in [1.165, 1.54) is 4.31 Å². The van der Waals surface area contributed by atoms with Crippen LogP contribution in [0.1, 0.15) is 18.4 Å². The van der Waals surface area contributed by atoms with Gasteiger partial charge in [-0.2, -0.15) is 12.7 Å². The smallest absolute Gasteiger partial charge is 0.301 e. The molecule has 0 atom stereocenters. The molecule has 5 nitrogen and oxygen atoms in total. The molecule has 0 saturated carbocycles. The summed E-state index contributed by atoms with van der Waals surface area (Å²) in [6, 6.07) is 6.86. The molecule has 0 bridgehead atoms. The fraction of sp³-hybridized carbons (Fsp3) is 0.364. The van der Waals surface area contributed by atoms with Gasteiger partial charge >= 0.3 is 10.2 Å². The van der Waals surface area contributed by atoms with Crippen molar-refractivity contribution in [3.8, 4) is 0 Å². The number of rotatable bonds is 4. The number of anilines is 1. The quantitative estimate of drug-likeness (QED) is 0.812. The Morgan fingerprint density at radius 2 is 1.89 bits per heavy atom. The molecule has 2 rings (SSSR count). The molecule has 0 aliphatic carbocycles. The minimum Gasteiger partial charge on any atom is -0.389 e. The molecule has 1 aromatic rings. The number of nitrogens with one attached hydrogen (secondary N) is 1. The van der Waals surface area contributed by atoms with E-state index in [1.807, 2.05) is 0 Å². The molecular formula is C11H15N3O2S2. The maximum absolute atomic E-state index is 12.1. The summed E-state index contributed by atoms with van der Waals surface area (Å²) < 4.78 is 28.2. The third-order valence-corrected chi connectivity index (χ3v) is 4.58. The normalized spacial score (nSPS) is 16.7. The van der Waals surface area contributed by atoms with E-state index in [9.17, 15) is 8.42 Å². The molecule has 3 N–H and O–H groups in total. The molecule has 1 saturated heterocycles. The van der Waals surface area contributed by atoms with E-state index < -0.39 is 10.2 Å². The molecule has 1 heterocycles. The third-order valence-electron chi connectivity index (χ3n) is 2.84. The van der Waals surface area contributed by atoms with Crippen LogP contribution in [0, 0.1) is 0 Å². The van der Waals surface area contributed by atoms with E-state index in [0.29, 0.717) is 24.3 Å². The number of para-hydroxylation sites is 1. The van der Waals surface area contributed by atoms with Gasteiger partial charge in [0.15, 0.2) is 0 Å². The highest BCUT2D eigenvalue weighted by Crippen LogP contribution is 2.20. The van der Waals surface area contributed by atoms with Crippen molar-refractivity contribution < 1.29 is 8.42 Å². The van der Waals surface area contributed by atoms with Crippen LogP contribution in [0.2, 0.25) is 0 Å². The Labute approximate surface area is 112 Å². The summed E-state index contributed by atoms with van der Waals surface area (Å²) in [4.78, 5) is 0.176. The molecule has 0 aromatic heterocycles. The zero-order valence-electron chi connectivity index (χ0n) is 9.80. The van der Waals surface area contributed by atoms with Gasteiger partial charge in [0, 0.05) is 18.7 Å². The van der Waals surface area contributed by atoms with Gasteiger partial charge in [0.25, 0.3) is 0 Å². The zero-order valence-corrected chi connectivity index (χ0v) is 11.4. The van der Waals surface area contributed by atoms with Crippen LogP contribution in [0.25, 0.3) is 0 Å². The Hall–Kier alpha value is -1.18. The van der Waals surface area contributed by atoms with Crippen LogP contribution in [-0.4, -0.2) is 30.8 Å². The molecule has 0 spiro atoms. The number of nitrogens with zero attached hydrogens (tertiary/aromatic N) is 1. The van der Waals surface area contributed by atoms with Gasteiger partial charge in [-0.15, -0.1) is 0 Å². The maximum Gasteiger partial charge on any atom is 0.301 e. The van der Waals surface area contributed by atoms with Crippen molar-refractivity contribution in [1.29, 1.82) is 0 Å². The molecule has 0 amide bonds. The molecule has 98 valence electrons. The Morgan fingerprint density at radius 3 is 2.50 bits per heavy atom. The summed E-state index contributed by atoms with van der Waals surface area (Å²) in [6.07, 6.45) is 1.80. The monoisotopic (exact) mass is 285 g/mol. The summed E-state index contributed by atoms with van der Waals surface area (Å²) in [7, 11) is -3.50. The SMILES string of the molecule is NC(=S)c1ccccc1NS(=O)(=O)N1CCCC1. The Balaban J connectivity index is 2.26. The summed E-state index contributed by atoms with van der Waals surface area (Å²) in [5.74, 6) is 0. The van der Waals surface area contributed by atoms with Crippen LogP contribution < -0.4 is 10.5 Å². The number of benzene rings is 1. The molecule has 1 aromatic carbocycles. The summed E-state index contributed by atoms with van der Waals surface area (Å²) in [5, 5.41) is 0. The second-order valence-corrected chi connectivity index (χ2v) is 6.23. The average molecular weight is 285 g/mol. The first-order valence-corrected chi connectivity index (χ1v) is 7.52. The van der Waals surface area contributed by atoms with Gasteiger partial charge in [0.2, 0.25) is 0 Å². The molecule has 1 fully saturated rings. The molecule has 1 aliphatic heterocycles. The van der Waals surface area contributed by atoms with Crippen LogP contribution in [0.15, 0.2) is 24.3 Å². The van der Waals surface area contributed by atoms with E-state index in [1.54, 1.807) is 24.3 Å². The second-order valence-electron chi connectivity index (χ2n) is 4.12. The van der Waals surface area contributed by atoms with E-state index in [4.69, 9.17) is 18.0 Å². The predicted molar refractivity (Wildman–Crippen MR) is 75.7 cm³/mol. The lowest BCUT2D eigenvalue weighted by Gasteiger charge is -2.18. The minimum absolute atomic E-state index is 0.176. The van der Waals surface area contributed by atoms with Crippen LogP contribution >= 0.6 is 12.2 Å². The van der Waals surface area contributed by atoms with Crippen LogP contribution in [0.3, 0.4) is 0 Å². The van der Waals surface area contributed by atoms with Crippen molar-refractivity contribution in [2.45, 2.75) is 12.8 Å². The Kier molecular flexibility index (Phi) is 3.84. The first kappa shape index (κ1) is 13.3. The first-order valence-electron chi connectivity index (χ1n) is 5.67. The second kappa shape index (κ2) is 5.21. The number of nitrogens with two attached hydrogens (primary N) is 1. The van der Waals surface area contributed by atoms with Crippen molar-refractivity contribution in [3.63, 3.8) is 0 Å². The van der Waals surface area contributed by atoms with Crippen LogP contribution in [0.4, 0.5) is 5.69 Å².